The van der Waals surface area contributed by atoms with Crippen LogP contribution in [0.2, 0.25) is 5.02 Å². The van der Waals surface area contributed by atoms with Crippen LogP contribution >= 0.6 is 27.5 Å². The highest BCUT2D eigenvalue weighted by atomic mass is 79.9. The number of benzene rings is 1. The van der Waals surface area contributed by atoms with Crippen molar-refractivity contribution >= 4 is 39.3 Å². The van der Waals surface area contributed by atoms with E-state index in [2.05, 4.69) is 26.2 Å². The molecule has 110 valence electrons. The standard InChI is InChI=1S/C16H16BrClN2O/c1-11-9-15(19-10-14(11)17)20-16(21)4-2-3-12-5-7-13(18)8-6-12/h5-10H,2-4H2,1H3,(H,19,20,21). The molecule has 0 spiro atoms. The Labute approximate surface area is 137 Å². The number of aromatic nitrogens is 1. The van der Waals surface area contributed by atoms with Gasteiger partial charge in [0.05, 0.1) is 0 Å². The normalized spacial score (nSPS) is 10.4. The largest absolute Gasteiger partial charge is 0.311 e. The van der Waals surface area contributed by atoms with Crippen LogP contribution in [0.25, 0.3) is 0 Å². The maximum atomic E-state index is 11.9. The molecular weight excluding hydrogens is 352 g/mol. The third-order valence-electron chi connectivity index (χ3n) is 3.10. The van der Waals surface area contributed by atoms with Crippen LogP contribution in [0, 0.1) is 6.92 Å². The maximum Gasteiger partial charge on any atom is 0.225 e. The fourth-order valence-electron chi connectivity index (χ4n) is 1.92. The molecular formula is C16H16BrClN2O. The second-order valence-corrected chi connectivity index (χ2v) is 6.14. The number of hydrogen-bond acceptors (Lipinski definition) is 2. The summed E-state index contributed by atoms with van der Waals surface area (Å²) in [5.41, 5.74) is 2.23. The fraction of sp³-hybridized carbons (Fsp3) is 0.250. The lowest BCUT2D eigenvalue weighted by atomic mass is 10.1. The van der Waals surface area contributed by atoms with Gasteiger partial charge in [0.1, 0.15) is 5.82 Å². The van der Waals surface area contributed by atoms with Gasteiger partial charge in [-0.1, -0.05) is 23.7 Å². The van der Waals surface area contributed by atoms with Crippen LogP contribution in [-0.2, 0) is 11.2 Å². The van der Waals surface area contributed by atoms with E-state index in [-0.39, 0.29) is 5.91 Å². The fourth-order valence-corrected chi connectivity index (χ4v) is 2.26. The first-order chi connectivity index (χ1) is 10.0. The molecule has 0 saturated heterocycles. The van der Waals surface area contributed by atoms with Crippen molar-refractivity contribution in [2.24, 2.45) is 0 Å². The van der Waals surface area contributed by atoms with Gasteiger partial charge in [-0.15, -0.1) is 0 Å². The lowest BCUT2D eigenvalue weighted by Gasteiger charge is -2.06. The molecule has 21 heavy (non-hydrogen) atoms. The van der Waals surface area contributed by atoms with E-state index in [0.717, 1.165) is 27.9 Å². The lowest BCUT2D eigenvalue weighted by molar-refractivity contribution is -0.116. The average Bonchev–Trinajstić information content (AvgIpc) is 2.45. The van der Waals surface area contributed by atoms with Gasteiger partial charge in [0.2, 0.25) is 5.91 Å². The van der Waals surface area contributed by atoms with Crippen LogP contribution in [0.3, 0.4) is 0 Å². The van der Waals surface area contributed by atoms with Gasteiger partial charge in [-0.2, -0.15) is 0 Å². The molecule has 0 unspecified atom stereocenters. The Morgan fingerprint density at radius 3 is 2.71 bits per heavy atom. The van der Waals surface area contributed by atoms with Crippen molar-refractivity contribution in [3.8, 4) is 0 Å². The van der Waals surface area contributed by atoms with Crippen LogP contribution in [0.1, 0.15) is 24.0 Å². The van der Waals surface area contributed by atoms with Crippen LogP contribution < -0.4 is 5.32 Å². The molecule has 1 N–H and O–H groups in total. The molecule has 1 aromatic carbocycles. The second-order valence-electron chi connectivity index (χ2n) is 4.85. The van der Waals surface area contributed by atoms with Gasteiger partial charge in [0, 0.05) is 22.1 Å². The summed E-state index contributed by atoms with van der Waals surface area (Å²) < 4.78 is 0.934. The van der Waals surface area contributed by atoms with E-state index in [1.165, 1.54) is 5.56 Å². The van der Waals surface area contributed by atoms with Crippen molar-refractivity contribution in [3.05, 3.63) is 57.2 Å². The van der Waals surface area contributed by atoms with Gasteiger partial charge in [-0.25, -0.2) is 4.98 Å². The number of anilines is 1. The number of hydrogen-bond donors (Lipinski definition) is 1. The summed E-state index contributed by atoms with van der Waals surface area (Å²) in [5.74, 6) is 0.574. The molecule has 1 aromatic heterocycles. The summed E-state index contributed by atoms with van der Waals surface area (Å²) in [6.45, 7) is 1.96. The Morgan fingerprint density at radius 1 is 1.33 bits per heavy atom. The molecule has 0 aliphatic rings. The number of carbonyl (C=O) groups is 1. The van der Waals surface area contributed by atoms with Crippen molar-refractivity contribution < 1.29 is 4.79 Å². The van der Waals surface area contributed by atoms with Crippen molar-refractivity contribution in [3.63, 3.8) is 0 Å². The number of rotatable bonds is 5. The topological polar surface area (TPSA) is 42.0 Å². The molecule has 0 aliphatic heterocycles. The zero-order valence-corrected chi connectivity index (χ0v) is 14.0. The zero-order chi connectivity index (χ0) is 15.2. The number of pyridine rings is 1. The smallest absolute Gasteiger partial charge is 0.225 e. The van der Waals surface area contributed by atoms with Gasteiger partial charge in [-0.3, -0.25) is 4.79 Å². The summed E-state index contributed by atoms with van der Waals surface area (Å²) in [6.07, 6.45) is 3.82. The molecule has 0 radical (unpaired) electrons. The van der Waals surface area contributed by atoms with Crippen LogP contribution in [-0.4, -0.2) is 10.9 Å². The van der Waals surface area contributed by atoms with E-state index in [1.54, 1.807) is 6.20 Å². The van der Waals surface area contributed by atoms with Gasteiger partial charge in [0.15, 0.2) is 0 Å². The Hall–Kier alpha value is -1.39. The molecule has 0 saturated carbocycles. The number of nitrogens with one attached hydrogen (secondary N) is 1. The van der Waals surface area contributed by atoms with E-state index >= 15 is 0 Å². The van der Waals surface area contributed by atoms with Crippen molar-refractivity contribution in [2.45, 2.75) is 26.2 Å². The summed E-state index contributed by atoms with van der Waals surface area (Å²) in [5, 5.41) is 3.54. The molecule has 0 aliphatic carbocycles. The third kappa shape index (κ3) is 5.14. The van der Waals surface area contributed by atoms with Crippen LogP contribution in [0.4, 0.5) is 5.82 Å². The number of nitrogens with zero attached hydrogens (tertiary/aromatic N) is 1. The van der Waals surface area contributed by atoms with Crippen molar-refractivity contribution in [1.82, 2.24) is 4.98 Å². The second kappa shape index (κ2) is 7.57. The quantitative estimate of drug-likeness (QED) is 0.827. The number of amides is 1. The molecule has 1 amide bonds. The van der Waals surface area contributed by atoms with Gasteiger partial charge in [-0.05, 0) is 65.0 Å². The third-order valence-corrected chi connectivity index (χ3v) is 4.18. The molecule has 3 nitrogen and oxygen atoms in total. The molecule has 5 heteroatoms. The number of aryl methyl sites for hydroxylation is 2. The Bertz CT molecular complexity index is 629. The molecule has 0 fully saturated rings. The van der Waals surface area contributed by atoms with Gasteiger partial charge in [0.25, 0.3) is 0 Å². The number of carbonyl (C=O) groups excluding carboxylic acids is 1. The first-order valence-electron chi connectivity index (χ1n) is 6.71. The minimum atomic E-state index is -0.0156. The maximum absolute atomic E-state index is 11.9. The zero-order valence-electron chi connectivity index (χ0n) is 11.7. The Balaban J connectivity index is 1.79. The first-order valence-corrected chi connectivity index (χ1v) is 7.88. The molecule has 0 atom stereocenters. The summed E-state index contributed by atoms with van der Waals surface area (Å²) in [7, 11) is 0. The average molecular weight is 368 g/mol. The summed E-state index contributed by atoms with van der Waals surface area (Å²) in [6, 6.07) is 9.55. The lowest BCUT2D eigenvalue weighted by Crippen LogP contribution is -2.12. The summed E-state index contributed by atoms with van der Waals surface area (Å²) >= 11 is 9.22. The highest BCUT2D eigenvalue weighted by molar-refractivity contribution is 9.10. The molecule has 0 bridgehead atoms. The highest BCUT2D eigenvalue weighted by Gasteiger charge is 2.05. The predicted octanol–water partition coefficient (Wildman–Crippen LogP) is 4.77. The van der Waals surface area contributed by atoms with Crippen molar-refractivity contribution in [2.75, 3.05) is 5.32 Å². The van der Waals surface area contributed by atoms with E-state index in [0.29, 0.717) is 12.2 Å². The van der Waals surface area contributed by atoms with Gasteiger partial charge < -0.3 is 5.32 Å². The SMILES string of the molecule is Cc1cc(NC(=O)CCCc2ccc(Cl)cc2)ncc1Br. The van der Waals surface area contributed by atoms with E-state index in [9.17, 15) is 4.79 Å². The van der Waals surface area contributed by atoms with Crippen molar-refractivity contribution in [1.29, 1.82) is 0 Å². The van der Waals surface area contributed by atoms with Gasteiger partial charge >= 0.3 is 0 Å². The van der Waals surface area contributed by atoms with Crippen LogP contribution in [0.5, 0.6) is 0 Å². The minimum Gasteiger partial charge on any atom is -0.311 e. The summed E-state index contributed by atoms with van der Waals surface area (Å²) in [4.78, 5) is 16.0. The van der Waals surface area contributed by atoms with E-state index in [1.807, 2.05) is 37.3 Å². The Morgan fingerprint density at radius 2 is 2.05 bits per heavy atom. The predicted molar refractivity (Wildman–Crippen MR) is 89.7 cm³/mol. The number of halogens is 2. The molecule has 1 heterocycles. The van der Waals surface area contributed by atoms with Crippen LogP contribution in [0.15, 0.2) is 41.0 Å². The monoisotopic (exact) mass is 366 g/mol. The van der Waals surface area contributed by atoms with E-state index < -0.39 is 0 Å². The first kappa shape index (κ1) is 16.0. The molecule has 2 rings (SSSR count). The molecule has 2 aromatic rings. The highest BCUT2D eigenvalue weighted by Crippen LogP contribution is 2.17. The minimum absolute atomic E-state index is 0.0156. The Kier molecular flexibility index (Phi) is 5.76. The van der Waals surface area contributed by atoms with E-state index in [4.69, 9.17) is 11.6 Å².